The lowest BCUT2D eigenvalue weighted by Crippen LogP contribution is -2.37. The summed E-state index contributed by atoms with van der Waals surface area (Å²) >= 11 is 0. The van der Waals surface area contributed by atoms with Crippen LogP contribution in [0.1, 0.15) is 56.1 Å². The van der Waals surface area contributed by atoms with Gasteiger partial charge in [0.1, 0.15) is 5.82 Å². The van der Waals surface area contributed by atoms with Gasteiger partial charge < -0.3 is 10.2 Å². The molecule has 5 heteroatoms. The minimum Gasteiger partial charge on any atom is -0.373 e. The highest BCUT2D eigenvalue weighted by Gasteiger charge is 2.20. The van der Waals surface area contributed by atoms with E-state index in [2.05, 4.69) is 16.4 Å². The summed E-state index contributed by atoms with van der Waals surface area (Å²) in [6, 6.07) is 5.75. The van der Waals surface area contributed by atoms with Crippen molar-refractivity contribution in [3.63, 3.8) is 0 Å². The third-order valence-electron chi connectivity index (χ3n) is 3.29. The fourth-order valence-corrected chi connectivity index (χ4v) is 2.03. The van der Waals surface area contributed by atoms with Crippen molar-refractivity contribution in [1.82, 2.24) is 9.88 Å². The predicted octanol–water partition coefficient (Wildman–Crippen LogP) is 3.01. The zero-order chi connectivity index (χ0) is 16.0. The van der Waals surface area contributed by atoms with Crippen LogP contribution in [-0.2, 0) is 0 Å². The summed E-state index contributed by atoms with van der Waals surface area (Å²) in [7, 11) is 1.79. The zero-order valence-electron chi connectivity index (χ0n) is 13.5. The van der Waals surface area contributed by atoms with Gasteiger partial charge in [-0.05, 0) is 31.9 Å². The largest absolute Gasteiger partial charge is 0.373 e. The first-order valence-electron chi connectivity index (χ1n) is 7.28. The molecule has 0 aromatic carbocycles. The molecule has 0 aliphatic carbocycles. The van der Waals surface area contributed by atoms with E-state index in [1.807, 2.05) is 33.8 Å². The zero-order valence-corrected chi connectivity index (χ0v) is 13.5. The summed E-state index contributed by atoms with van der Waals surface area (Å²) < 4.78 is 0. The number of nitrogens with zero attached hydrogens (tertiary/aromatic N) is 3. The molecular formula is C16H24N4O. The molecule has 1 amide bonds. The summed E-state index contributed by atoms with van der Waals surface area (Å²) in [4.78, 5) is 18.9. The number of anilines is 1. The Hall–Kier alpha value is -2.09. The first-order valence-corrected chi connectivity index (χ1v) is 7.28. The van der Waals surface area contributed by atoms with Gasteiger partial charge in [0.25, 0.3) is 5.91 Å². The van der Waals surface area contributed by atoms with Crippen molar-refractivity contribution in [2.45, 2.75) is 46.1 Å². The number of carbonyl (C=O) groups is 1. The molecule has 21 heavy (non-hydrogen) atoms. The second kappa shape index (κ2) is 7.63. The van der Waals surface area contributed by atoms with E-state index >= 15 is 0 Å². The van der Waals surface area contributed by atoms with Gasteiger partial charge in [0.15, 0.2) is 0 Å². The number of hydrogen-bond acceptors (Lipinski definition) is 4. The fraction of sp³-hybridized carbons (Fsp3) is 0.562. The van der Waals surface area contributed by atoms with Crippen molar-refractivity contribution in [2.75, 3.05) is 18.9 Å². The molecule has 114 valence electrons. The van der Waals surface area contributed by atoms with Gasteiger partial charge in [-0.15, -0.1) is 0 Å². The monoisotopic (exact) mass is 288 g/mol. The van der Waals surface area contributed by atoms with Gasteiger partial charge in [-0.1, -0.05) is 13.8 Å². The van der Waals surface area contributed by atoms with E-state index in [0.29, 0.717) is 24.3 Å². The van der Waals surface area contributed by atoms with Crippen LogP contribution in [0.4, 0.5) is 5.82 Å². The highest BCUT2D eigenvalue weighted by Crippen LogP contribution is 2.19. The molecule has 1 aromatic rings. The number of pyridine rings is 1. The maximum Gasteiger partial charge on any atom is 0.254 e. The minimum absolute atomic E-state index is 0.0546. The number of nitrogens with one attached hydrogen (secondary N) is 1. The Morgan fingerprint density at radius 3 is 2.52 bits per heavy atom. The molecule has 0 radical (unpaired) electrons. The normalized spacial score (nSPS) is 10.6. The molecule has 0 fully saturated rings. The van der Waals surface area contributed by atoms with Crippen molar-refractivity contribution in [3.05, 3.63) is 23.4 Å². The highest BCUT2D eigenvalue weighted by atomic mass is 16.2. The SMILES string of the molecule is CNc1cc(C(=O)N(CCC#N)C(C)C)cc(C(C)C)n1. The molecule has 1 aromatic heterocycles. The predicted molar refractivity (Wildman–Crippen MR) is 84.3 cm³/mol. The lowest BCUT2D eigenvalue weighted by molar-refractivity contribution is 0.0710. The molecule has 1 rings (SSSR count). The molecule has 0 bridgehead atoms. The van der Waals surface area contributed by atoms with Crippen LogP contribution in [0.5, 0.6) is 0 Å². The van der Waals surface area contributed by atoms with E-state index in [1.54, 1.807) is 18.0 Å². The Morgan fingerprint density at radius 2 is 2.05 bits per heavy atom. The number of aromatic nitrogens is 1. The van der Waals surface area contributed by atoms with Gasteiger partial charge in [0, 0.05) is 30.9 Å². The molecule has 1 N–H and O–H groups in total. The smallest absolute Gasteiger partial charge is 0.254 e. The Kier molecular flexibility index (Phi) is 6.16. The van der Waals surface area contributed by atoms with Crippen molar-refractivity contribution in [2.24, 2.45) is 0 Å². The van der Waals surface area contributed by atoms with E-state index in [1.165, 1.54) is 0 Å². The number of carbonyl (C=O) groups excluding carboxylic acids is 1. The van der Waals surface area contributed by atoms with Gasteiger partial charge in [0.2, 0.25) is 0 Å². The molecule has 0 saturated carbocycles. The van der Waals surface area contributed by atoms with E-state index < -0.39 is 0 Å². The van der Waals surface area contributed by atoms with Crippen molar-refractivity contribution >= 4 is 11.7 Å². The van der Waals surface area contributed by atoms with Crippen LogP contribution in [0.2, 0.25) is 0 Å². The standard InChI is InChI=1S/C16H24N4O/c1-11(2)14-9-13(10-15(18-5)19-14)16(21)20(12(3)4)8-6-7-17/h9-12H,6,8H2,1-5H3,(H,18,19). The van der Waals surface area contributed by atoms with Crippen molar-refractivity contribution in [1.29, 1.82) is 5.26 Å². The Bertz CT molecular complexity index is 532. The number of rotatable bonds is 6. The van der Waals surface area contributed by atoms with Gasteiger partial charge in [0.05, 0.1) is 12.5 Å². The van der Waals surface area contributed by atoms with Crippen LogP contribution in [0, 0.1) is 11.3 Å². The molecule has 0 aliphatic rings. The molecule has 0 aliphatic heterocycles. The summed E-state index contributed by atoms with van der Waals surface area (Å²) in [5.74, 6) is 0.881. The molecule has 1 heterocycles. The number of nitriles is 1. The quantitative estimate of drug-likeness (QED) is 0.873. The Labute approximate surface area is 127 Å². The van der Waals surface area contributed by atoms with Crippen LogP contribution >= 0.6 is 0 Å². The number of hydrogen-bond donors (Lipinski definition) is 1. The first-order chi connectivity index (χ1) is 9.90. The topological polar surface area (TPSA) is 69.0 Å². The number of amides is 1. The van der Waals surface area contributed by atoms with Gasteiger partial charge >= 0.3 is 0 Å². The van der Waals surface area contributed by atoms with Crippen molar-refractivity contribution < 1.29 is 4.79 Å². The van der Waals surface area contributed by atoms with Crippen LogP contribution < -0.4 is 5.32 Å². The Balaban J connectivity index is 3.14. The van der Waals surface area contributed by atoms with Gasteiger partial charge in [-0.3, -0.25) is 4.79 Å². The maximum absolute atomic E-state index is 12.7. The minimum atomic E-state index is -0.0546. The molecule has 0 unspecified atom stereocenters. The van der Waals surface area contributed by atoms with Crippen LogP contribution in [0.3, 0.4) is 0 Å². The maximum atomic E-state index is 12.7. The van der Waals surface area contributed by atoms with E-state index in [0.717, 1.165) is 5.69 Å². The molecular weight excluding hydrogens is 264 g/mol. The summed E-state index contributed by atoms with van der Waals surface area (Å²) in [6.45, 7) is 8.46. The van der Waals surface area contributed by atoms with Crippen LogP contribution in [-0.4, -0.2) is 35.4 Å². The summed E-state index contributed by atoms with van der Waals surface area (Å²) in [5.41, 5.74) is 1.50. The molecule has 0 spiro atoms. The third-order valence-corrected chi connectivity index (χ3v) is 3.29. The van der Waals surface area contributed by atoms with Crippen LogP contribution in [0.25, 0.3) is 0 Å². The van der Waals surface area contributed by atoms with Gasteiger partial charge in [-0.25, -0.2) is 4.98 Å². The third kappa shape index (κ3) is 4.45. The molecule has 0 atom stereocenters. The first kappa shape index (κ1) is 17.0. The average molecular weight is 288 g/mol. The van der Waals surface area contributed by atoms with Gasteiger partial charge in [-0.2, -0.15) is 5.26 Å². The van der Waals surface area contributed by atoms with Crippen LogP contribution in [0.15, 0.2) is 12.1 Å². The average Bonchev–Trinajstić information content (AvgIpc) is 2.46. The highest BCUT2D eigenvalue weighted by molar-refractivity contribution is 5.95. The fourth-order valence-electron chi connectivity index (χ4n) is 2.03. The summed E-state index contributed by atoms with van der Waals surface area (Å²) in [6.07, 6.45) is 0.338. The second-order valence-corrected chi connectivity index (χ2v) is 5.57. The second-order valence-electron chi connectivity index (χ2n) is 5.57. The lowest BCUT2D eigenvalue weighted by atomic mass is 10.1. The molecule has 5 nitrogen and oxygen atoms in total. The lowest BCUT2D eigenvalue weighted by Gasteiger charge is -2.26. The van der Waals surface area contributed by atoms with E-state index in [4.69, 9.17) is 5.26 Å². The summed E-state index contributed by atoms with van der Waals surface area (Å²) in [5, 5.41) is 11.7. The van der Waals surface area contributed by atoms with E-state index in [-0.39, 0.29) is 17.9 Å². The van der Waals surface area contributed by atoms with E-state index in [9.17, 15) is 4.79 Å². The Morgan fingerprint density at radius 1 is 1.38 bits per heavy atom. The van der Waals surface area contributed by atoms with Crippen molar-refractivity contribution in [3.8, 4) is 6.07 Å². The molecule has 0 saturated heterocycles.